The van der Waals surface area contributed by atoms with Gasteiger partial charge in [0.2, 0.25) is 0 Å². The zero-order valence-corrected chi connectivity index (χ0v) is 10.6. The molecule has 0 aliphatic carbocycles. The van der Waals surface area contributed by atoms with Gasteiger partial charge >= 0.3 is 0 Å². The number of aryl methyl sites for hydroxylation is 1. The van der Waals surface area contributed by atoms with Gasteiger partial charge < -0.3 is 10.4 Å². The molecule has 2 rings (SSSR count). The molecular formula is C12H17NO3S. The van der Waals surface area contributed by atoms with Crippen molar-refractivity contribution in [2.75, 3.05) is 13.1 Å². The van der Waals surface area contributed by atoms with Crippen molar-refractivity contribution in [2.45, 2.75) is 24.0 Å². The van der Waals surface area contributed by atoms with Gasteiger partial charge in [-0.15, -0.1) is 0 Å². The summed E-state index contributed by atoms with van der Waals surface area (Å²) >= 11 is 0. The molecule has 0 bridgehead atoms. The average Bonchev–Trinajstić information content (AvgIpc) is 2.68. The van der Waals surface area contributed by atoms with Crippen LogP contribution in [0.15, 0.2) is 24.3 Å². The number of aliphatic hydroxyl groups is 1. The Morgan fingerprint density at radius 2 is 2.06 bits per heavy atom. The van der Waals surface area contributed by atoms with E-state index in [0.29, 0.717) is 13.1 Å². The minimum atomic E-state index is -3.30. The SMILES string of the molecule is Cc1ccccc1CS(=O)(=O)[C@H]1CNC[C@@H]1O. The van der Waals surface area contributed by atoms with Crippen molar-refractivity contribution in [3.05, 3.63) is 35.4 Å². The van der Waals surface area contributed by atoms with Crippen LogP contribution >= 0.6 is 0 Å². The lowest BCUT2D eigenvalue weighted by molar-refractivity contribution is 0.198. The molecule has 1 heterocycles. The van der Waals surface area contributed by atoms with Crippen LogP contribution < -0.4 is 5.32 Å². The fraction of sp³-hybridized carbons (Fsp3) is 0.500. The summed E-state index contributed by atoms with van der Waals surface area (Å²) in [6, 6.07) is 7.44. The molecule has 0 amide bonds. The summed E-state index contributed by atoms with van der Waals surface area (Å²) in [6.45, 7) is 2.60. The van der Waals surface area contributed by atoms with Crippen LogP contribution in [0.25, 0.3) is 0 Å². The summed E-state index contributed by atoms with van der Waals surface area (Å²) < 4.78 is 24.3. The second kappa shape index (κ2) is 4.76. The van der Waals surface area contributed by atoms with E-state index in [9.17, 15) is 13.5 Å². The summed E-state index contributed by atoms with van der Waals surface area (Å²) in [5.41, 5.74) is 1.78. The predicted octanol–water partition coefficient (Wildman–Crippen LogP) is 0.243. The molecule has 1 aromatic carbocycles. The first-order chi connectivity index (χ1) is 8.00. The van der Waals surface area contributed by atoms with Crippen molar-refractivity contribution in [3.63, 3.8) is 0 Å². The summed E-state index contributed by atoms with van der Waals surface area (Å²) in [5.74, 6) is 0.00306. The Hall–Kier alpha value is -0.910. The maximum absolute atomic E-state index is 12.2. The van der Waals surface area contributed by atoms with Gasteiger partial charge in [0.15, 0.2) is 9.84 Å². The highest BCUT2D eigenvalue weighted by molar-refractivity contribution is 7.91. The van der Waals surface area contributed by atoms with Crippen LogP contribution in [-0.4, -0.2) is 38.0 Å². The topological polar surface area (TPSA) is 66.4 Å². The highest BCUT2D eigenvalue weighted by Crippen LogP contribution is 2.18. The van der Waals surface area contributed by atoms with E-state index in [1.54, 1.807) is 0 Å². The molecule has 94 valence electrons. The van der Waals surface area contributed by atoms with E-state index >= 15 is 0 Å². The maximum atomic E-state index is 12.2. The van der Waals surface area contributed by atoms with Crippen molar-refractivity contribution in [1.82, 2.24) is 5.32 Å². The van der Waals surface area contributed by atoms with E-state index < -0.39 is 21.2 Å². The third-order valence-electron chi connectivity index (χ3n) is 3.21. The van der Waals surface area contributed by atoms with Crippen molar-refractivity contribution in [3.8, 4) is 0 Å². The normalized spacial score (nSPS) is 25.1. The number of hydrogen-bond donors (Lipinski definition) is 2. The fourth-order valence-corrected chi connectivity index (χ4v) is 4.02. The average molecular weight is 255 g/mol. The minimum absolute atomic E-state index is 0.00306. The number of rotatable bonds is 3. The van der Waals surface area contributed by atoms with Gasteiger partial charge in [-0.3, -0.25) is 0 Å². The lowest BCUT2D eigenvalue weighted by atomic mass is 10.1. The van der Waals surface area contributed by atoms with Gasteiger partial charge in [-0.2, -0.15) is 0 Å². The molecule has 1 aromatic rings. The van der Waals surface area contributed by atoms with Crippen LogP contribution in [0.2, 0.25) is 0 Å². The lowest BCUT2D eigenvalue weighted by Crippen LogP contribution is -2.33. The molecule has 2 N–H and O–H groups in total. The molecule has 1 saturated heterocycles. The quantitative estimate of drug-likeness (QED) is 0.812. The molecule has 1 aliphatic rings. The Kier molecular flexibility index (Phi) is 3.51. The number of nitrogens with one attached hydrogen (secondary N) is 1. The largest absolute Gasteiger partial charge is 0.390 e. The number of aliphatic hydroxyl groups excluding tert-OH is 1. The molecule has 0 aromatic heterocycles. The molecular weight excluding hydrogens is 238 g/mol. The molecule has 5 heteroatoms. The van der Waals surface area contributed by atoms with Crippen LogP contribution in [0.1, 0.15) is 11.1 Å². The van der Waals surface area contributed by atoms with Crippen molar-refractivity contribution >= 4 is 9.84 Å². The molecule has 1 fully saturated rings. The second-order valence-electron chi connectivity index (χ2n) is 4.50. The van der Waals surface area contributed by atoms with Gasteiger partial charge in [0, 0.05) is 13.1 Å². The monoisotopic (exact) mass is 255 g/mol. The van der Waals surface area contributed by atoms with Crippen molar-refractivity contribution < 1.29 is 13.5 Å². The predicted molar refractivity (Wildman–Crippen MR) is 66.5 cm³/mol. The van der Waals surface area contributed by atoms with E-state index in [0.717, 1.165) is 11.1 Å². The molecule has 0 radical (unpaired) electrons. The van der Waals surface area contributed by atoms with Crippen molar-refractivity contribution in [2.24, 2.45) is 0 Å². The third kappa shape index (κ3) is 2.68. The Labute approximate surface area is 102 Å². The Morgan fingerprint density at radius 3 is 2.65 bits per heavy atom. The Morgan fingerprint density at radius 1 is 1.35 bits per heavy atom. The maximum Gasteiger partial charge on any atom is 0.161 e. The van der Waals surface area contributed by atoms with Crippen LogP contribution in [-0.2, 0) is 15.6 Å². The van der Waals surface area contributed by atoms with Crippen LogP contribution in [0.3, 0.4) is 0 Å². The van der Waals surface area contributed by atoms with Gasteiger partial charge in [0.1, 0.15) is 5.25 Å². The van der Waals surface area contributed by atoms with E-state index in [4.69, 9.17) is 0 Å². The van der Waals surface area contributed by atoms with Gasteiger partial charge in [0.25, 0.3) is 0 Å². The summed E-state index contributed by atoms with van der Waals surface area (Å²) in [6.07, 6.45) is -0.788. The molecule has 1 aliphatic heterocycles. The number of hydrogen-bond acceptors (Lipinski definition) is 4. The van der Waals surface area contributed by atoms with E-state index in [2.05, 4.69) is 5.32 Å². The highest BCUT2D eigenvalue weighted by Gasteiger charge is 2.36. The van der Waals surface area contributed by atoms with E-state index in [1.165, 1.54) is 0 Å². The van der Waals surface area contributed by atoms with E-state index in [-0.39, 0.29) is 5.75 Å². The molecule has 0 unspecified atom stereocenters. The molecule has 4 nitrogen and oxygen atoms in total. The first-order valence-electron chi connectivity index (χ1n) is 5.65. The number of benzene rings is 1. The standard InChI is InChI=1S/C12H17NO3S/c1-9-4-2-3-5-10(9)8-17(15,16)12-7-13-6-11(12)14/h2-5,11-14H,6-8H2,1H3/t11-,12-/m0/s1. The Balaban J connectivity index is 2.21. The summed E-state index contributed by atoms with van der Waals surface area (Å²) in [5, 5.41) is 11.9. The highest BCUT2D eigenvalue weighted by atomic mass is 32.2. The Bertz CT molecular complexity index is 498. The van der Waals surface area contributed by atoms with E-state index in [1.807, 2.05) is 31.2 Å². The van der Waals surface area contributed by atoms with Gasteiger partial charge in [-0.1, -0.05) is 24.3 Å². The fourth-order valence-electron chi connectivity index (χ4n) is 2.10. The van der Waals surface area contributed by atoms with Crippen molar-refractivity contribution in [1.29, 1.82) is 0 Å². The third-order valence-corrected chi connectivity index (χ3v) is 5.32. The molecule has 0 spiro atoms. The minimum Gasteiger partial charge on any atom is -0.390 e. The summed E-state index contributed by atoms with van der Waals surface area (Å²) in [7, 11) is -3.30. The number of sulfone groups is 1. The second-order valence-corrected chi connectivity index (χ2v) is 6.72. The zero-order valence-electron chi connectivity index (χ0n) is 9.76. The first kappa shape index (κ1) is 12.5. The van der Waals surface area contributed by atoms with Gasteiger partial charge in [-0.05, 0) is 18.1 Å². The van der Waals surface area contributed by atoms with Crippen LogP contribution in [0.5, 0.6) is 0 Å². The van der Waals surface area contributed by atoms with Crippen LogP contribution in [0, 0.1) is 6.92 Å². The van der Waals surface area contributed by atoms with Gasteiger partial charge in [-0.25, -0.2) is 8.42 Å². The smallest absolute Gasteiger partial charge is 0.161 e. The molecule has 17 heavy (non-hydrogen) atoms. The number of β-amino-alcohol motifs (C(OH)–C–C–N with tert-alkyl or cyclic N) is 1. The molecule has 2 atom stereocenters. The van der Waals surface area contributed by atoms with Gasteiger partial charge in [0.05, 0.1) is 11.9 Å². The summed E-state index contributed by atoms with van der Waals surface area (Å²) in [4.78, 5) is 0. The van der Waals surface area contributed by atoms with Crippen LogP contribution in [0.4, 0.5) is 0 Å². The lowest BCUT2D eigenvalue weighted by Gasteiger charge is -2.15. The molecule has 0 saturated carbocycles. The zero-order chi connectivity index (χ0) is 12.5. The first-order valence-corrected chi connectivity index (χ1v) is 7.37.